The van der Waals surface area contributed by atoms with Gasteiger partial charge in [0.2, 0.25) is 5.91 Å². The number of nitrogens with one attached hydrogen (secondary N) is 2. The Morgan fingerprint density at radius 2 is 2.05 bits per heavy atom. The number of amides is 3. The van der Waals surface area contributed by atoms with Crippen LogP contribution in [0.15, 0.2) is 28.0 Å². The molecule has 0 aliphatic carbocycles. The van der Waals surface area contributed by atoms with Crippen molar-refractivity contribution in [3.05, 3.63) is 33.5 Å². The zero-order valence-corrected chi connectivity index (χ0v) is 24.4. The van der Waals surface area contributed by atoms with Crippen LogP contribution in [-0.4, -0.2) is 83.3 Å². The largest absolute Gasteiger partial charge is 1.00 e. The Hall–Kier alpha value is -2.12. The average Bonchev–Trinajstić information content (AvgIpc) is 3.49. The van der Waals surface area contributed by atoms with Crippen LogP contribution in [0.4, 0.5) is 5.13 Å². The van der Waals surface area contributed by atoms with Crippen LogP contribution in [0.1, 0.15) is 10.6 Å². The third kappa shape index (κ3) is 7.93. The molecule has 0 spiro atoms. The van der Waals surface area contributed by atoms with Gasteiger partial charge in [0.15, 0.2) is 21.1 Å². The second kappa shape index (κ2) is 13.6. The van der Waals surface area contributed by atoms with Gasteiger partial charge in [0.1, 0.15) is 37.4 Å². The Morgan fingerprint density at radius 3 is 2.65 bits per heavy atom. The summed E-state index contributed by atoms with van der Waals surface area (Å²) in [5.41, 5.74) is -0.451. The fraction of sp³-hybridized carbons (Fsp3) is 0.333. The first-order valence-electron chi connectivity index (χ1n) is 9.76. The second-order valence-electron chi connectivity index (χ2n) is 6.89. The number of carbonyl (C=O) groups is 4. The average molecular weight is 602 g/mol. The van der Waals surface area contributed by atoms with E-state index in [2.05, 4.69) is 25.6 Å². The van der Waals surface area contributed by atoms with E-state index in [-0.39, 0.29) is 57.0 Å². The Balaban J connectivity index is 0.00000481. The van der Waals surface area contributed by atoms with Crippen molar-refractivity contribution in [3.8, 4) is 0 Å². The van der Waals surface area contributed by atoms with Crippen molar-refractivity contribution in [3.63, 3.8) is 0 Å². The number of esters is 1. The van der Waals surface area contributed by atoms with Crippen molar-refractivity contribution in [2.24, 2.45) is 5.16 Å². The molecule has 1 saturated heterocycles. The van der Waals surface area contributed by atoms with Gasteiger partial charge in [-0.25, -0.2) is 17.7 Å². The van der Waals surface area contributed by atoms with Gasteiger partial charge in [0.05, 0.1) is 6.42 Å². The Bertz CT molecular complexity index is 1290. The van der Waals surface area contributed by atoms with Crippen molar-refractivity contribution in [1.82, 2.24) is 14.6 Å². The Morgan fingerprint density at radius 1 is 1.32 bits per heavy atom. The zero-order chi connectivity index (χ0) is 26.5. The van der Waals surface area contributed by atoms with E-state index < -0.39 is 58.4 Å². The van der Waals surface area contributed by atoms with E-state index in [9.17, 15) is 32.1 Å². The molecule has 37 heavy (non-hydrogen) atoms. The number of β-lactam (4-membered cyclic amide) rings is 1. The van der Waals surface area contributed by atoms with Crippen molar-refractivity contribution < 1.29 is 71.3 Å². The number of carbonyl (C=O) groups excluding carboxylic acids is 4. The first-order chi connectivity index (χ1) is 17.0. The summed E-state index contributed by atoms with van der Waals surface area (Å²) in [5.74, 6) is -3.81. The molecule has 1 fully saturated rings. The van der Waals surface area contributed by atoms with Crippen LogP contribution in [0, 0.1) is 0 Å². The van der Waals surface area contributed by atoms with Crippen molar-refractivity contribution in [1.29, 1.82) is 0 Å². The molecule has 14 nitrogen and oxygen atoms in total. The molecule has 1 aliphatic rings. The monoisotopic (exact) mass is 601 g/mol. The predicted octanol–water partition coefficient (Wildman–Crippen LogP) is -3.32. The summed E-state index contributed by atoms with van der Waals surface area (Å²) in [6.45, 7) is -0.662. The number of rotatable bonds is 11. The number of oxime groups is 1. The van der Waals surface area contributed by atoms with E-state index in [0.717, 1.165) is 18.4 Å². The molecule has 3 rings (SSSR count). The molecule has 194 valence electrons. The van der Waals surface area contributed by atoms with Gasteiger partial charge in [-0.15, -0.1) is 34.3 Å². The molecule has 0 saturated carbocycles. The van der Waals surface area contributed by atoms with E-state index >= 15 is 0 Å². The maximum atomic E-state index is 12.9. The van der Waals surface area contributed by atoms with Crippen molar-refractivity contribution in [2.45, 2.75) is 18.5 Å². The Labute approximate surface area is 245 Å². The number of ether oxygens (including phenoxy) is 1. The third-order valence-electron chi connectivity index (χ3n) is 4.52. The summed E-state index contributed by atoms with van der Waals surface area (Å²) in [6.07, 6.45) is -0.101. The quantitative estimate of drug-likeness (QED) is 0.0500. The molecule has 1 aliphatic heterocycles. The third-order valence-corrected chi connectivity index (χ3v) is 7.33. The van der Waals surface area contributed by atoms with Crippen LogP contribution in [0.3, 0.4) is 0 Å². The van der Waals surface area contributed by atoms with Gasteiger partial charge in [0, 0.05) is 10.3 Å². The van der Waals surface area contributed by atoms with Crippen LogP contribution in [0.5, 0.6) is 0 Å². The van der Waals surface area contributed by atoms with Gasteiger partial charge < -0.3 is 24.8 Å². The van der Waals surface area contributed by atoms with Gasteiger partial charge >= 0.3 is 35.5 Å². The van der Waals surface area contributed by atoms with Crippen molar-refractivity contribution in [2.75, 3.05) is 24.9 Å². The van der Waals surface area contributed by atoms with E-state index in [4.69, 9.17) is 16.3 Å². The minimum Gasteiger partial charge on any atom is -0.731 e. The van der Waals surface area contributed by atoms with Crippen LogP contribution < -0.4 is 40.2 Å². The minimum absolute atomic E-state index is 0. The zero-order valence-electron chi connectivity index (χ0n) is 19.2. The van der Waals surface area contributed by atoms with E-state index in [0.29, 0.717) is 4.88 Å². The molecular formula is C18H17ClN5NaO9S3. The van der Waals surface area contributed by atoms with E-state index in [1.807, 2.05) is 0 Å². The fourth-order valence-electron chi connectivity index (χ4n) is 3.00. The van der Waals surface area contributed by atoms with Crippen LogP contribution in [0.2, 0.25) is 0 Å². The smallest absolute Gasteiger partial charge is 0.731 e. The number of hydrogen-bond donors (Lipinski definition) is 2. The summed E-state index contributed by atoms with van der Waals surface area (Å²) >= 11 is 7.68. The number of thiazole rings is 1. The summed E-state index contributed by atoms with van der Waals surface area (Å²) in [7, 11) is -4.10. The summed E-state index contributed by atoms with van der Waals surface area (Å²) < 4.78 is 39.7. The number of hydrogen-bond acceptors (Lipinski definition) is 13. The van der Waals surface area contributed by atoms with Gasteiger partial charge in [-0.2, -0.15) is 0 Å². The molecule has 2 aromatic heterocycles. The number of nitrogens with zero attached hydrogens (tertiary/aromatic N) is 3. The van der Waals surface area contributed by atoms with E-state index in [1.165, 1.54) is 16.7 Å². The van der Waals surface area contributed by atoms with E-state index in [1.54, 1.807) is 17.5 Å². The molecule has 0 aromatic carbocycles. The topological polar surface area (TPSA) is 196 Å². The second-order valence-corrected chi connectivity index (χ2v) is 10.3. The van der Waals surface area contributed by atoms with Crippen LogP contribution in [-0.2, 0) is 45.5 Å². The number of anilines is 1. The van der Waals surface area contributed by atoms with Gasteiger partial charge in [-0.05, 0) is 11.4 Å². The first kappa shape index (κ1) is 31.1. The number of halogens is 1. The molecule has 3 heterocycles. The van der Waals surface area contributed by atoms with Gasteiger partial charge in [-0.3, -0.25) is 19.2 Å². The molecule has 2 N–H and O–H groups in total. The maximum Gasteiger partial charge on any atom is 1.00 e. The molecular weight excluding hydrogens is 585 g/mol. The molecule has 2 aromatic rings. The van der Waals surface area contributed by atoms with Gasteiger partial charge in [-0.1, -0.05) is 11.2 Å². The number of aromatic nitrogens is 1. The normalized spacial score (nSPS) is 17.3. The minimum atomic E-state index is -5.25. The summed E-state index contributed by atoms with van der Waals surface area (Å²) in [5, 5.41) is 11.4. The summed E-state index contributed by atoms with van der Waals surface area (Å²) in [4.78, 5) is 58.1. The molecule has 2 atom stereocenters. The van der Waals surface area contributed by atoms with Gasteiger partial charge in [0.25, 0.3) is 11.8 Å². The Kier molecular flexibility index (Phi) is 11.4. The molecule has 0 radical (unpaired) electrons. The van der Waals surface area contributed by atoms with Crippen LogP contribution in [0.25, 0.3) is 0 Å². The predicted molar refractivity (Wildman–Crippen MR) is 126 cm³/mol. The SMILES string of the molecule is CON=C(C(=O)N[C@@H]1C(=O)N(S(=O)(=O)[O-])[C@@H]1COC(=O)Cc1cccs1)c1csc(NC(=O)CCl)n1.[Na+]. The molecule has 19 heteroatoms. The summed E-state index contributed by atoms with van der Waals surface area (Å²) in [6, 6.07) is 0.421. The van der Waals surface area contributed by atoms with Crippen LogP contribution >= 0.6 is 34.3 Å². The fourth-order valence-corrected chi connectivity index (χ4v) is 5.32. The molecule has 0 bridgehead atoms. The molecule has 0 unspecified atom stereocenters. The van der Waals surface area contributed by atoms with Crippen molar-refractivity contribution >= 4 is 79.1 Å². The number of alkyl halides is 1. The first-order valence-corrected chi connectivity index (χ1v) is 13.4. The standard InChI is InChI=1S/C18H18ClN5O9S3.Na/c1-32-23-14(10-8-35-18(20-10)21-12(25)6-19)16(27)22-15-11(24(17(15)28)36(29,30)31)7-33-13(26)5-9-3-2-4-34-9;/h2-4,8,11,15H,5-7H2,1H3,(H,22,27)(H,20,21,25)(H,29,30,31);/q;+1/p-1/t11-,15+;/m1./s1. The molecule has 3 amide bonds. The number of thiophene rings is 1. The maximum absolute atomic E-state index is 12.9.